The van der Waals surface area contributed by atoms with Gasteiger partial charge < -0.3 is 0 Å². The molecule has 0 bridgehead atoms. The van der Waals surface area contributed by atoms with Crippen LogP contribution in [0.1, 0.15) is 37.2 Å². The molecule has 0 aromatic carbocycles. The molecule has 2 heteroatoms. The van der Waals surface area contributed by atoms with Crippen LogP contribution in [0.5, 0.6) is 0 Å². The van der Waals surface area contributed by atoms with Gasteiger partial charge >= 0.3 is 0 Å². The Bertz CT molecular complexity index is 235. The van der Waals surface area contributed by atoms with E-state index in [4.69, 9.17) is 0 Å². The average Bonchev–Trinajstić information content (AvgIpc) is 2.55. The summed E-state index contributed by atoms with van der Waals surface area (Å²) in [5.41, 5.74) is 1.55. The fraction of sp³-hybridized carbons (Fsp3) is 0.556. The van der Waals surface area contributed by atoms with Crippen LogP contribution < -0.4 is 0 Å². The Morgan fingerprint density at radius 1 is 1.27 bits per heavy atom. The summed E-state index contributed by atoms with van der Waals surface area (Å²) >= 11 is 5.39. The minimum absolute atomic E-state index is 0.857. The molecule has 1 saturated carbocycles. The van der Waals surface area contributed by atoms with Crippen LogP contribution in [0, 0.1) is 0 Å². The maximum absolute atomic E-state index is 3.59. The first-order chi connectivity index (χ1) is 5.38. The van der Waals surface area contributed by atoms with E-state index in [1.54, 1.807) is 16.9 Å². The molecule has 1 aromatic heterocycles. The van der Waals surface area contributed by atoms with Crippen molar-refractivity contribution in [3.05, 3.63) is 20.8 Å². The molecule has 1 heterocycles. The Balaban J connectivity index is 2.21. The van der Waals surface area contributed by atoms with Gasteiger partial charge in [-0.1, -0.05) is 12.8 Å². The van der Waals surface area contributed by atoms with Crippen molar-refractivity contribution < 1.29 is 0 Å². The number of hydrogen-bond acceptors (Lipinski definition) is 1. The lowest BCUT2D eigenvalue weighted by molar-refractivity contribution is 0.723. The Morgan fingerprint density at radius 2 is 2.00 bits per heavy atom. The second kappa shape index (κ2) is 3.28. The van der Waals surface area contributed by atoms with Crippen LogP contribution in [0.15, 0.2) is 15.2 Å². The smallest absolute Gasteiger partial charge is 0.0317 e. The summed E-state index contributed by atoms with van der Waals surface area (Å²) in [6, 6.07) is 0. The van der Waals surface area contributed by atoms with Crippen LogP contribution in [-0.2, 0) is 0 Å². The summed E-state index contributed by atoms with van der Waals surface area (Å²) in [7, 11) is 0. The average molecular weight is 231 g/mol. The van der Waals surface area contributed by atoms with Gasteiger partial charge in [0.1, 0.15) is 0 Å². The van der Waals surface area contributed by atoms with E-state index in [0.29, 0.717) is 0 Å². The lowest BCUT2D eigenvalue weighted by atomic mass is 10.0. The van der Waals surface area contributed by atoms with E-state index in [-0.39, 0.29) is 0 Å². The molecule has 0 unspecified atom stereocenters. The summed E-state index contributed by atoms with van der Waals surface area (Å²) in [6.07, 6.45) is 5.64. The molecule has 1 aliphatic rings. The Kier molecular flexibility index (Phi) is 2.33. The van der Waals surface area contributed by atoms with E-state index >= 15 is 0 Å². The molecule has 0 saturated heterocycles. The molecule has 1 fully saturated rings. The zero-order valence-electron chi connectivity index (χ0n) is 6.35. The largest absolute Gasteiger partial charge is 0.151 e. The van der Waals surface area contributed by atoms with Gasteiger partial charge in [-0.15, -0.1) is 0 Å². The summed E-state index contributed by atoms with van der Waals surface area (Å²) < 4.78 is 1.33. The normalized spacial score (nSPS) is 19.4. The SMILES string of the molecule is Brc1cscc1C1CCCC1. The minimum atomic E-state index is 0.857. The van der Waals surface area contributed by atoms with Crippen molar-refractivity contribution in [3.63, 3.8) is 0 Å². The third kappa shape index (κ3) is 1.52. The monoisotopic (exact) mass is 230 g/mol. The van der Waals surface area contributed by atoms with Crippen LogP contribution in [0.3, 0.4) is 0 Å². The first-order valence-electron chi connectivity index (χ1n) is 4.09. The van der Waals surface area contributed by atoms with E-state index in [1.165, 1.54) is 30.2 Å². The number of thiophene rings is 1. The first-order valence-corrected chi connectivity index (χ1v) is 5.83. The van der Waals surface area contributed by atoms with Crippen molar-refractivity contribution >= 4 is 27.3 Å². The van der Waals surface area contributed by atoms with Crippen molar-refractivity contribution in [1.82, 2.24) is 0 Å². The fourth-order valence-corrected chi connectivity index (χ4v) is 3.52. The van der Waals surface area contributed by atoms with Gasteiger partial charge in [-0.05, 0) is 45.6 Å². The van der Waals surface area contributed by atoms with Crippen molar-refractivity contribution in [2.75, 3.05) is 0 Å². The van der Waals surface area contributed by atoms with Gasteiger partial charge in [0.05, 0.1) is 0 Å². The van der Waals surface area contributed by atoms with Gasteiger partial charge in [-0.25, -0.2) is 0 Å². The molecular weight excluding hydrogens is 220 g/mol. The molecule has 2 rings (SSSR count). The zero-order chi connectivity index (χ0) is 7.68. The van der Waals surface area contributed by atoms with E-state index in [9.17, 15) is 0 Å². The van der Waals surface area contributed by atoms with E-state index in [1.807, 2.05) is 0 Å². The number of rotatable bonds is 1. The fourth-order valence-electron chi connectivity index (χ4n) is 1.82. The van der Waals surface area contributed by atoms with Crippen LogP contribution in [0.2, 0.25) is 0 Å². The second-order valence-corrected chi connectivity index (χ2v) is 4.75. The van der Waals surface area contributed by atoms with Crippen LogP contribution >= 0.6 is 27.3 Å². The molecule has 1 aromatic rings. The van der Waals surface area contributed by atoms with Crippen molar-refractivity contribution in [1.29, 1.82) is 0 Å². The standard InChI is InChI=1S/C9H11BrS/c10-9-6-11-5-8(9)7-3-1-2-4-7/h5-7H,1-4H2. The molecule has 0 N–H and O–H groups in total. The third-order valence-corrected chi connectivity index (χ3v) is 4.19. The maximum atomic E-state index is 3.59. The quantitative estimate of drug-likeness (QED) is 0.680. The van der Waals surface area contributed by atoms with Crippen LogP contribution in [-0.4, -0.2) is 0 Å². The lowest BCUT2D eigenvalue weighted by Crippen LogP contribution is -1.88. The van der Waals surface area contributed by atoms with Gasteiger partial charge in [0.25, 0.3) is 0 Å². The number of hydrogen-bond donors (Lipinski definition) is 0. The van der Waals surface area contributed by atoms with Crippen molar-refractivity contribution in [2.24, 2.45) is 0 Å². The molecule has 0 amide bonds. The van der Waals surface area contributed by atoms with E-state index < -0.39 is 0 Å². The summed E-state index contributed by atoms with van der Waals surface area (Å²) in [4.78, 5) is 0. The van der Waals surface area contributed by atoms with Crippen LogP contribution in [0.25, 0.3) is 0 Å². The molecule has 1 aliphatic carbocycles. The van der Waals surface area contributed by atoms with Gasteiger partial charge in [-0.2, -0.15) is 11.3 Å². The summed E-state index contributed by atoms with van der Waals surface area (Å²) in [5.74, 6) is 0.857. The van der Waals surface area contributed by atoms with Gasteiger partial charge in [0.2, 0.25) is 0 Å². The summed E-state index contributed by atoms with van der Waals surface area (Å²) in [5, 5.41) is 4.48. The third-order valence-electron chi connectivity index (χ3n) is 2.44. The number of halogens is 1. The van der Waals surface area contributed by atoms with E-state index in [0.717, 1.165) is 5.92 Å². The van der Waals surface area contributed by atoms with Gasteiger partial charge in [0.15, 0.2) is 0 Å². The predicted molar refractivity (Wildman–Crippen MR) is 53.2 cm³/mol. The van der Waals surface area contributed by atoms with Crippen LogP contribution in [0.4, 0.5) is 0 Å². The molecule has 0 spiro atoms. The molecule has 0 nitrogen and oxygen atoms in total. The Labute approximate surface area is 79.8 Å². The molecule has 0 aliphatic heterocycles. The molecule has 0 radical (unpaired) electrons. The highest BCUT2D eigenvalue weighted by molar-refractivity contribution is 9.10. The van der Waals surface area contributed by atoms with Gasteiger partial charge in [0, 0.05) is 9.85 Å². The van der Waals surface area contributed by atoms with Crippen molar-refractivity contribution in [3.8, 4) is 0 Å². The van der Waals surface area contributed by atoms with E-state index in [2.05, 4.69) is 26.7 Å². The van der Waals surface area contributed by atoms with Crippen molar-refractivity contribution in [2.45, 2.75) is 31.6 Å². The molecule has 11 heavy (non-hydrogen) atoms. The maximum Gasteiger partial charge on any atom is 0.0317 e. The molecule has 0 atom stereocenters. The zero-order valence-corrected chi connectivity index (χ0v) is 8.75. The highest BCUT2D eigenvalue weighted by Crippen LogP contribution is 2.39. The molecule has 60 valence electrons. The Morgan fingerprint density at radius 3 is 2.55 bits per heavy atom. The summed E-state index contributed by atoms with van der Waals surface area (Å²) in [6.45, 7) is 0. The lowest BCUT2D eigenvalue weighted by Gasteiger charge is -2.06. The topological polar surface area (TPSA) is 0 Å². The second-order valence-electron chi connectivity index (χ2n) is 3.16. The molecular formula is C9H11BrS. The predicted octanol–water partition coefficient (Wildman–Crippen LogP) is 4.17. The highest BCUT2D eigenvalue weighted by atomic mass is 79.9. The minimum Gasteiger partial charge on any atom is -0.151 e. The highest BCUT2D eigenvalue weighted by Gasteiger charge is 2.19. The van der Waals surface area contributed by atoms with Gasteiger partial charge in [-0.3, -0.25) is 0 Å². The first kappa shape index (κ1) is 7.81. The Hall–Kier alpha value is 0.180.